The van der Waals surface area contributed by atoms with Crippen molar-refractivity contribution in [1.82, 2.24) is 0 Å². The lowest BCUT2D eigenvalue weighted by molar-refractivity contribution is -0.139. The minimum Gasteiger partial charge on any atom is -0.458 e. The number of fused-ring (bicyclic) bond motifs is 1. The molecule has 1 saturated heterocycles. The molecule has 4 nitrogen and oxygen atoms in total. The van der Waals surface area contributed by atoms with Crippen molar-refractivity contribution in [2.24, 2.45) is 5.92 Å². The first kappa shape index (κ1) is 14.0. The van der Waals surface area contributed by atoms with Crippen LogP contribution in [0.3, 0.4) is 0 Å². The molecule has 2 rings (SSSR count). The number of esters is 1. The average Bonchev–Trinajstić information content (AvgIpc) is 2.60. The van der Waals surface area contributed by atoms with Crippen molar-refractivity contribution in [2.45, 2.75) is 45.0 Å². The summed E-state index contributed by atoms with van der Waals surface area (Å²) in [5.41, 5.74) is 2.05. The van der Waals surface area contributed by atoms with E-state index in [1.54, 1.807) is 13.0 Å². The predicted octanol–water partition coefficient (Wildman–Crippen LogP) is 1.49. The van der Waals surface area contributed by atoms with Crippen LogP contribution in [0.5, 0.6) is 0 Å². The van der Waals surface area contributed by atoms with Crippen molar-refractivity contribution in [3.63, 3.8) is 0 Å². The van der Waals surface area contributed by atoms with E-state index < -0.39 is 24.1 Å². The maximum atomic E-state index is 11.6. The summed E-state index contributed by atoms with van der Waals surface area (Å²) in [4.78, 5) is 11.6. The highest BCUT2D eigenvalue weighted by Crippen LogP contribution is 2.35. The molecule has 0 aromatic heterocycles. The van der Waals surface area contributed by atoms with E-state index in [1.807, 2.05) is 13.0 Å². The van der Waals surface area contributed by atoms with Crippen LogP contribution in [-0.2, 0) is 9.53 Å². The van der Waals surface area contributed by atoms with Crippen LogP contribution in [-0.4, -0.2) is 34.5 Å². The van der Waals surface area contributed by atoms with E-state index in [-0.39, 0.29) is 6.10 Å². The van der Waals surface area contributed by atoms with E-state index in [0.29, 0.717) is 24.0 Å². The van der Waals surface area contributed by atoms with Crippen molar-refractivity contribution >= 4 is 5.97 Å². The van der Waals surface area contributed by atoms with Crippen LogP contribution in [0.2, 0.25) is 0 Å². The molecule has 104 valence electrons. The Morgan fingerprint density at radius 3 is 2.74 bits per heavy atom. The van der Waals surface area contributed by atoms with Gasteiger partial charge in [0.25, 0.3) is 0 Å². The Morgan fingerprint density at radius 2 is 2.05 bits per heavy atom. The number of aliphatic hydroxyl groups is 2. The Kier molecular flexibility index (Phi) is 3.92. The van der Waals surface area contributed by atoms with Crippen molar-refractivity contribution in [1.29, 1.82) is 0 Å². The van der Waals surface area contributed by atoms with Crippen LogP contribution >= 0.6 is 0 Å². The van der Waals surface area contributed by atoms with Crippen molar-refractivity contribution in [3.05, 3.63) is 35.5 Å². The Labute approximate surface area is 113 Å². The fraction of sp³-hybridized carbons (Fsp3) is 0.533. The molecule has 2 N–H and O–H groups in total. The topological polar surface area (TPSA) is 66.8 Å². The Morgan fingerprint density at radius 1 is 1.37 bits per heavy atom. The number of ether oxygens (including phenoxy) is 1. The first-order valence-corrected chi connectivity index (χ1v) is 6.50. The third kappa shape index (κ3) is 2.80. The zero-order valence-electron chi connectivity index (χ0n) is 11.3. The van der Waals surface area contributed by atoms with E-state index in [4.69, 9.17) is 4.74 Å². The van der Waals surface area contributed by atoms with Gasteiger partial charge < -0.3 is 14.9 Å². The van der Waals surface area contributed by atoms with Crippen molar-refractivity contribution in [2.75, 3.05) is 0 Å². The number of rotatable bonds is 0. The monoisotopic (exact) mass is 264 g/mol. The lowest BCUT2D eigenvalue weighted by Crippen LogP contribution is -2.29. The van der Waals surface area contributed by atoms with Crippen LogP contribution in [0.25, 0.3) is 0 Å². The Bertz CT molecular complexity index is 461. The molecule has 1 fully saturated rings. The molecule has 19 heavy (non-hydrogen) atoms. The number of aliphatic hydroxyl groups excluding tert-OH is 2. The van der Waals surface area contributed by atoms with E-state index in [9.17, 15) is 15.0 Å². The molecule has 0 aromatic carbocycles. The van der Waals surface area contributed by atoms with Gasteiger partial charge in [-0.05, 0) is 25.8 Å². The van der Waals surface area contributed by atoms with E-state index in [2.05, 4.69) is 6.58 Å². The molecule has 0 unspecified atom stereocenters. The quantitative estimate of drug-likeness (QED) is 0.395. The number of hydrogen-bond donors (Lipinski definition) is 2. The number of hydrogen-bond acceptors (Lipinski definition) is 4. The third-order valence-electron chi connectivity index (χ3n) is 3.86. The molecule has 1 aliphatic heterocycles. The normalized spacial score (nSPS) is 41.7. The Hall–Kier alpha value is -1.39. The van der Waals surface area contributed by atoms with Gasteiger partial charge in [-0.25, -0.2) is 4.79 Å². The van der Waals surface area contributed by atoms with Crippen LogP contribution in [0.4, 0.5) is 0 Å². The van der Waals surface area contributed by atoms with Gasteiger partial charge in [0.15, 0.2) is 0 Å². The van der Waals surface area contributed by atoms with Crippen LogP contribution in [0.15, 0.2) is 35.5 Å². The van der Waals surface area contributed by atoms with E-state index in [0.717, 1.165) is 5.57 Å². The molecule has 2 aliphatic rings. The zero-order chi connectivity index (χ0) is 14.2. The van der Waals surface area contributed by atoms with Gasteiger partial charge in [-0.15, -0.1) is 0 Å². The van der Waals surface area contributed by atoms with Crippen molar-refractivity contribution < 1.29 is 19.7 Å². The van der Waals surface area contributed by atoms with Gasteiger partial charge in [-0.2, -0.15) is 0 Å². The number of carbonyl (C=O) groups is 1. The summed E-state index contributed by atoms with van der Waals surface area (Å²) in [6, 6.07) is 0. The summed E-state index contributed by atoms with van der Waals surface area (Å²) in [5, 5.41) is 20.2. The highest BCUT2D eigenvalue weighted by atomic mass is 16.6. The SMILES string of the molecule is C=C1C(=O)O[C@H]2C/C(C)=C/C[C@@H](O)/C(C)=C/[C@H](O)[C@H]12. The van der Waals surface area contributed by atoms with Crippen LogP contribution in [0.1, 0.15) is 26.7 Å². The van der Waals surface area contributed by atoms with Gasteiger partial charge in [-0.3, -0.25) is 0 Å². The smallest absolute Gasteiger partial charge is 0.334 e. The highest BCUT2D eigenvalue weighted by molar-refractivity contribution is 5.91. The molecule has 0 aromatic rings. The second kappa shape index (κ2) is 5.31. The molecule has 4 heteroatoms. The van der Waals surface area contributed by atoms with E-state index in [1.165, 1.54) is 0 Å². The molecule has 1 aliphatic carbocycles. The first-order chi connectivity index (χ1) is 8.90. The van der Waals surface area contributed by atoms with Gasteiger partial charge >= 0.3 is 5.97 Å². The molecule has 0 saturated carbocycles. The standard InChI is InChI=1S/C15H20O4/c1-8-4-5-11(16)9(2)7-12(17)14-10(3)15(18)19-13(14)6-8/h4,7,11-14,16-17H,3,5-6H2,1-2H3/b8-4+,9-7+/t11-,12+,13+,14+/m1/s1. The van der Waals surface area contributed by atoms with Crippen molar-refractivity contribution in [3.8, 4) is 0 Å². The maximum Gasteiger partial charge on any atom is 0.334 e. The molecule has 0 spiro atoms. The lowest BCUT2D eigenvalue weighted by atomic mass is 9.85. The van der Waals surface area contributed by atoms with Gasteiger partial charge in [0, 0.05) is 12.0 Å². The fourth-order valence-electron chi connectivity index (χ4n) is 2.63. The molecule has 0 radical (unpaired) electrons. The molecular weight excluding hydrogens is 244 g/mol. The Balaban J connectivity index is 2.36. The minimum atomic E-state index is -0.857. The molecule has 0 amide bonds. The lowest BCUT2D eigenvalue weighted by Gasteiger charge is -2.24. The third-order valence-corrected chi connectivity index (χ3v) is 3.86. The number of carbonyl (C=O) groups excluding carboxylic acids is 1. The second-order valence-electron chi connectivity index (χ2n) is 5.40. The average molecular weight is 264 g/mol. The summed E-state index contributed by atoms with van der Waals surface area (Å²) in [5.74, 6) is -0.871. The van der Waals surface area contributed by atoms with Gasteiger partial charge in [0.2, 0.25) is 0 Å². The zero-order valence-corrected chi connectivity index (χ0v) is 11.3. The van der Waals surface area contributed by atoms with Gasteiger partial charge in [-0.1, -0.05) is 24.3 Å². The summed E-state index contributed by atoms with van der Waals surface area (Å²) in [6.45, 7) is 7.43. The summed E-state index contributed by atoms with van der Waals surface area (Å²) < 4.78 is 5.28. The molecule has 0 bridgehead atoms. The minimum absolute atomic E-state index is 0.310. The fourth-order valence-corrected chi connectivity index (χ4v) is 2.63. The van der Waals surface area contributed by atoms with E-state index >= 15 is 0 Å². The maximum absolute atomic E-state index is 11.6. The van der Waals surface area contributed by atoms with Gasteiger partial charge in [0.1, 0.15) is 6.10 Å². The van der Waals surface area contributed by atoms with Crippen LogP contribution in [0, 0.1) is 5.92 Å². The molecule has 4 atom stereocenters. The van der Waals surface area contributed by atoms with Crippen LogP contribution < -0.4 is 0 Å². The second-order valence-corrected chi connectivity index (χ2v) is 5.40. The predicted molar refractivity (Wildman–Crippen MR) is 71.3 cm³/mol. The molecular formula is C15H20O4. The highest BCUT2D eigenvalue weighted by Gasteiger charge is 2.42. The summed E-state index contributed by atoms with van der Waals surface area (Å²) in [7, 11) is 0. The summed E-state index contributed by atoms with van der Waals surface area (Å²) >= 11 is 0. The summed E-state index contributed by atoms with van der Waals surface area (Å²) in [6.07, 6.45) is 2.79. The first-order valence-electron chi connectivity index (χ1n) is 6.50. The largest absolute Gasteiger partial charge is 0.458 e. The molecule has 1 heterocycles. The van der Waals surface area contributed by atoms with Gasteiger partial charge in [0.05, 0.1) is 18.1 Å².